The van der Waals surface area contributed by atoms with Crippen LogP contribution in [0.1, 0.15) is 133 Å². The molecule has 0 saturated carbocycles. The van der Waals surface area contributed by atoms with Gasteiger partial charge in [0, 0.05) is 0 Å². The third kappa shape index (κ3) is 31.2. The molecule has 0 aromatic carbocycles. The fraction of sp³-hybridized carbons (Fsp3) is 0.400. The Labute approximate surface area is 494 Å². The molecule has 0 aliphatic heterocycles. The second kappa shape index (κ2) is 45.8. The summed E-state index contributed by atoms with van der Waals surface area (Å²) < 4.78 is 88.0. The molecule has 1 aliphatic carbocycles. The topological polar surface area (TPSA) is 170 Å². The Morgan fingerprint density at radius 3 is 0.963 bits per heavy atom. The van der Waals surface area contributed by atoms with Gasteiger partial charge in [-0.05, 0) is 121 Å². The molecular weight excluding hydrogens is 1020 g/mol. The van der Waals surface area contributed by atoms with Crippen molar-refractivity contribution in [3.63, 3.8) is 0 Å². The molecule has 1 rings (SSSR count). The first-order valence-electron chi connectivity index (χ1n) is 28.1. The van der Waals surface area contributed by atoms with Crippen molar-refractivity contribution in [3.05, 3.63) is 182 Å². The van der Waals surface area contributed by atoms with Crippen molar-refractivity contribution >= 4 is 107 Å². The number of hydrogen-bond acceptors (Lipinski definition) is 16. The molecule has 426 valence electrons. The highest BCUT2D eigenvalue weighted by Gasteiger charge is 2.42. The maximum atomic E-state index is 10.2. The van der Waals surface area contributed by atoms with Crippen LogP contribution in [0.5, 0.6) is 0 Å². The van der Waals surface area contributed by atoms with E-state index in [2.05, 4.69) is 72.6 Å². The summed E-state index contributed by atoms with van der Waals surface area (Å²) in [6.07, 6.45) is 22.0. The molecule has 81 heavy (non-hydrogen) atoms. The lowest BCUT2D eigenvalue weighted by Gasteiger charge is -2.29. The molecule has 0 spiro atoms. The molecule has 0 bridgehead atoms. The molecule has 31 heteroatoms. The van der Waals surface area contributed by atoms with Gasteiger partial charge in [0.15, 0.2) is 0 Å². The minimum Gasteiger partial charge on any atom is -0.445 e. The van der Waals surface area contributed by atoms with Crippen molar-refractivity contribution < 1.29 is 74.1 Å². The van der Waals surface area contributed by atoms with Gasteiger partial charge in [0.2, 0.25) is 0 Å². The van der Waals surface area contributed by atoms with Gasteiger partial charge in [0.1, 0.15) is 0 Å². The second-order valence-electron chi connectivity index (χ2n) is 18.5. The van der Waals surface area contributed by atoms with E-state index in [0.29, 0.717) is 28.3 Å². The SMILES string of the molecule is C=CB(O)OB(OB(C=C)OB(C=CCCCC)OB(C=C)OB(OB(C=C)OB(OB(C=C)OB(OB(C=C)OB(C=CCCCC)OB(C=C)OB(OB(O)C=C)C(C)=CC)C(C)=CC)C1=CCCCC1)C(C)=CC)C(C)=CC. The molecule has 0 atom stereocenters. The van der Waals surface area contributed by atoms with Crippen LogP contribution in [0.4, 0.5) is 0 Å². The lowest BCUT2D eigenvalue weighted by molar-refractivity contribution is 0.312. The van der Waals surface area contributed by atoms with E-state index in [9.17, 15) is 10.0 Å². The Morgan fingerprint density at radius 1 is 0.420 bits per heavy atom. The summed E-state index contributed by atoms with van der Waals surface area (Å²) in [5, 5.41) is 20.4. The summed E-state index contributed by atoms with van der Waals surface area (Å²) in [5.41, 5.74) is 3.57. The molecule has 2 N–H and O–H groups in total. The Bertz CT molecular complexity index is 1970. The van der Waals surface area contributed by atoms with Crippen molar-refractivity contribution in [1.29, 1.82) is 0 Å². The lowest BCUT2D eigenvalue weighted by Crippen LogP contribution is -2.47. The third-order valence-electron chi connectivity index (χ3n) is 12.2. The van der Waals surface area contributed by atoms with Crippen LogP contribution in [0.25, 0.3) is 0 Å². The summed E-state index contributed by atoms with van der Waals surface area (Å²) in [6, 6.07) is 0. The second-order valence-corrected chi connectivity index (χ2v) is 18.5. The monoisotopic (exact) mass is 1110 g/mol. The summed E-state index contributed by atoms with van der Waals surface area (Å²) >= 11 is 0. The minimum absolute atomic E-state index is 0.677. The van der Waals surface area contributed by atoms with E-state index in [1.54, 1.807) is 38.0 Å². The van der Waals surface area contributed by atoms with Crippen LogP contribution in [0.2, 0.25) is 0 Å². The average molecular weight is 1100 g/mol. The van der Waals surface area contributed by atoms with E-state index < -0.39 is 107 Å². The first-order valence-corrected chi connectivity index (χ1v) is 28.1. The molecular formula is C50H85B15O16. The quantitative estimate of drug-likeness (QED) is 0.0436. The summed E-state index contributed by atoms with van der Waals surface area (Å²) in [4.78, 5) is 0. The van der Waals surface area contributed by atoms with Crippen LogP contribution in [0, 0.1) is 0 Å². The largest absolute Gasteiger partial charge is 0.469 e. The lowest BCUT2D eigenvalue weighted by atomic mass is 9.64. The van der Waals surface area contributed by atoms with Gasteiger partial charge in [-0.25, -0.2) is 0 Å². The van der Waals surface area contributed by atoms with Gasteiger partial charge in [0.25, 0.3) is 0 Å². The third-order valence-corrected chi connectivity index (χ3v) is 12.2. The molecule has 0 amide bonds. The number of unbranched alkanes of at least 4 members (excludes halogenated alkanes) is 4. The standard InChI is InChI=1S/C50H85B15O16/c1-19-33-35-40-44-59(70-53(27-9)74-61(46(15)21-3)68-51(66)25-7)72-55(29-11)76-63(48(17)23-5)78-57(31-13)80-65(50-42-38-37-39-43-50)81-58(32-14)79-64(49(18)24-6)77-56(30-12)73-60(45-41-36-34-20-2)71-54(28-10)75-62(47(16)22-4)69-52(67)26-8/h21-32,40-42,44-45,66-67H,7-14,19-20,33-39,43H2,1-6,15-18H3. The Morgan fingerprint density at radius 2 is 0.716 bits per heavy atom. The molecule has 0 saturated heterocycles. The fourth-order valence-electron chi connectivity index (χ4n) is 6.85. The summed E-state index contributed by atoms with van der Waals surface area (Å²) in [6.45, 7) is 49.9. The highest BCUT2D eigenvalue weighted by Crippen LogP contribution is 2.24. The van der Waals surface area contributed by atoms with Crippen LogP contribution in [-0.2, 0) is 64.0 Å². The fourth-order valence-corrected chi connectivity index (χ4v) is 6.85. The predicted octanol–water partition coefficient (Wildman–Crippen LogP) is 9.96. The van der Waals surface area contributed by atoms with Gasteiger partial charge in [-0.15, -0.1) is 52.6 Å². The van der Waals surface area contributed by atoms with Crippen LogP contribution < -0.4 is 0 Å². The molecule has 1 aliphatic rings. The van der Waals surface area contributed by atoms with E-state index in [1.807, 2.05) is 65.8 Å². The zero-order chi connectivity index (χ0) is 60.5. The minimum atomic E-state index is -1.30. The first-order chi connectivity index (χ1) is 39.0. The average Bonchev–Trinajstić information content (AvgIpc) is 3.50. The van der Waals surface area contributed by atoms with Gasteiger partial charge < -0.3 is 74.1 Å². The summed E-state index contributed by atoms with van der Waals surface area (Å²) in [5.74, 6) is 14.8. The zero-order valence-corrected chi connectivity index (χ0v) is 50.3. The molecule has 0 aromatic rings. The van der Waals surface area contributed by atoms with Gasteiger partial charge in [-0.3, -0.25) is 0 Å². The molecule has 0 unspecified atom stereocenters. The van der Waals surface area contributed by atoms with Gasteiger partial charge in [0.05, 0.1) is 0 Å². The Hall–Kier alpha value is -3.57. The van der Waals surface area contributed by atoms with Crippen molar-refractivity contribution in [2.24, 2.45) is 0 Å². The van der Waals surface area contributed by atoms with Gasteiger partial charge >= 0.3 is 107 Å². The van der Waals surface area contributed by atoms with Gasteiger partial charge in [-0.2, -0.15) is 0 Å². The molecule has 16 nitrogen and oxygen atoms in total. The molecule has 0 heterocycles. The van der Waals surface area contributed by atoms with Crippen molar-refractivity contribution in [2.75, 3.05) is 0 Å². The van der Waals surface area contributed by atoms with E-state index in [0.717, 1.165) is 63.3 Å². The van der Waals surface area contributed by atoms with E-state index in [-0.39, 0.29) is 0 Å². The molecule has 0 radical (unpaired) electrons. The first kappa shape index (κ1) is 75.4. The highest BCUT2D eigenvalue weighted by atomic mass is 16.7. The van der Waals surface area contributed by atoms with Crippen LogP contribution >= 0.6 is 0 Å². The number of hydrogen-bond donors (Lipinski definition) is 2. The normalized spacial score (nSPS) is 12.9. The molecule has 0 fully saturated rings. The van der Waals surface area contributed by atoms with Gasteiger partial charge in [-0.1, -0.05) is 142 Å². The summed E-state index contributed by atoms with van der Waals surface area (Å²) in [7, 11) is -16.4. The van der Waals surface area contributed by atoms with Crippen molar-refractivity contribution in [3.8, 4) is 0 Å². The van der Waals surface area contributed by atoms with E-state index >= 15 is 0 Å². The number of rotatable bonds is 49. The maximum absolute atomic E-state index is 10.2. The Balaban J connectivity index is 3.55. The van der Waals surface area contributed by atoms with Crippen LogP contribution in [0.3, 0.4) is 0 Å². The maximum Gasteiger partial charge on any atom is 0.469 e. The zero-order valence-electron chi connectivity index (χ0n) is 50.3. The number of allylic oxidation sites excluding steroid dienone is 12. The van der Waals surface area contributed by atoms with E-state index in [4.69, 9.17) is 64.0 Å². The van der Waals surface area contributed by atoms with Crippen molar-refractivity contribution in [2.45, 2.75) is 133 Å². The van der Waals surface area contributed by atoms with Crippen LogP contribution in [0.15, 0.2) is 182 Å². The molecule has 0 aromatic heterocycles. The predicted molar refractivity (Wildman–Crippen MR) is 349 cm³/mol. The smallest absolute Gasteiger partial charge is 0.445 e. The van der Waals surface area contributed by atoms with Crippen molar-refractivity contribution in [1.82, 2.24) is 0 Å². The highest BCUT2D eigenvalue weighted by molar-refractivity contribution is 6.81. The Kier molecular flexibility index (Phi) is 42.7. The van der Waals surface area contributed by atoms with E-state index in [1.165, 1.54) is 47.8 Å². The van der Waals surface area contributed by atoms with Crippen LogP contribution in [-0.4, -0.2) is 117 Å².